The van der Waals surface area contributed by atoms with Gasteiger partial charge >= 0.3 is 5.97 Å². The van der Waals surface area contributed by atoms with Gasteiger partial charge in [-0.2, -0.15) is 0 Å². The van der Waals surface area contributed by atoms with Gasteiger partial charge in [-0.1, -0.05) is 12.2 Å². The molecule has 2 atom stereocenters. The Kier molecular flexibility index (Phi) is 3.62. The monoisotopic (exact) mass is 199 g/mol. The minimum atomic E-state index is -0.820. The number of ether oxygens (including phenoxy) is 1. The molecule has 1 aliphatic rings. The average Bonchev–Trinajstić information content (AvgIpc) is 2.18. The summed E-state index contributed by atoms with van der Waals surface area (Å²) in [6.07, 6.45) is 4.26. The van der Waals surface area contributed by atoms with Crippen molar-refractivity contribution in [2.75, 3.05) is 6.61 Å². The van der Waals surface area contributed by atoms with E-state index in [2.05, 4.69) is 0 Å². The molecule has 0 fully saturated rings. The summed E-state index contributed by atoms with van der Waals surface area (Å²) in [5, 5.41) is 10.6. The van der Waals surface area contributed by atoms with Crippen molar-refractivity contribution in [3.63, 3.8) is 0 Å². The van der Waals surface area contributed by atoms with Crippen molar-refractivity contribution >= 4 is 5.97 Å². The van der Waals surface area contributed by atoms with Crippen molar-refractivity contribution < 1.29 is 14.5 Å². The molecule has 0 heterocycles. The molecule has 0 aromatic heterocycles. The van der Waals surface area contributed by atoms with E-state index in [9.17, 15) is 14.9 Å². The van der Waals surface area contributed by atoms with Crippen LogP contribution in [0.2, 0.25) is 0 Å². The molecule has 2 unspecified atom stereocenters. The molecule has 0 aromatic carbocycles. The van der Waals surface area contributed by atoms with Gasteiger partial charge in [0, 0.05) is 11.3 Å². The van der Waals surface area contributed by atoms with Gasteiger partial charge in [0.05, 0.1) is 6.61 Å². The zero-order valence-corrected chi connectivity index (χ0v) is 8.01. The standard InChI is InChI=1S/C9H13NO4/c1-2-14-9(11)7-5-3-4-6-8(7)10(12)13/h3-4,7-8H,2,5-6H2,1H3. The molecule has 0 aliphatic heterocycles. The number of rotatable bonds is 3. The first-order valence-corrected chi connectivity index (χ1v) is 4.62. The molecular weight excluding hydrogens is 186 g/mol. The molecule has 0 N–H and O–H groups in total. The predicted molar refractivity (Wildman–Crippen MR) is 49.3 cm³/mol. The first-order chi connectivity index (χ1) is 6.66. The van der Waals surface area contributed by atoms with Gasteiger partial charge in [-0.25, -0.2) is 0 Å². The number of carbonyl (C=O) groups excluding carboxylic acids is 1. The number of carbonyl (C=O) groups is 1. The number of hydrogen-bond donors (Lipinski definition) is 0. The van der Waals surface area contributed by atoms with Gasteiger partial charge in [0.1, 0.15) is 5.92 Å². The maximum absolute atomic E-state index is 11.4. The Balaban J connectivity index is 2.69. The molecule has 0 amide bonds. The van der Waals surface area contributed by atoms with E-state index in [0.29, 0.717) is 12.8 Å². The number of hydrogen-bond acceptors (Lipinski definition) is 4. The predicted octanol–water partition coefficient (Wildman–Crippen LogP) is 1.16. The first-order valence-electron chi connectivity index (χ1n) is 4.62. The van der Waals surface area contributed by atoms with Gasteiger partial charge in [-0.3, -0.25) is 14.9 Å². The molecule has 5 nitrogen and oxygen atoms in total. The summed E-state index contributed by atoms with van der Waals surface area (Å²) >= 11 is 0. The number of nitrogens with zero attached hydrogens (tertiary/aromatic N) is 1. The van der Waals surface area contributed by atoms with E-state index in [4.69, 9.17) is 4.74 Å². The Morgan fingerprint density at radius 1 is 1.57 bits per heavy atom. The Morgan fingerprint density at radius 2 is 2.21 bits per heavy atom. The summed E-state index contributed by atoms with van der Waals surface area (Å²) < 4.78 is 4.78. The van der Waals surface area contributed by atoms with Gasteiger partial charge in [0.2, 0.25) is 6.04 Å². The van der Waals surface area contributed by atoms with Crippen molar-refractivity contribution in [3.8, 4) is 0 Å². The van der Waals surface area contributed by atoms with E-state index in [1.54, 1.807) is 19.1 Å². The zero-order chi connectivity index (χ0) is 10.6. The van der Waals surface area contributed by atoms with Crippen molar-refractivity contribution in [2.24, 2.45) is 5.92 Å². The van der Waals surface area contributed by atoms with Crippen LogP contribution in [0, 0.1) is 16.0 Å². The first kappa shape index (κ1) is 10.7. The summed E-state index contributed by atoms with van der Waals surface area (Å²) in [4.78, 5) is 21.6. The fourth-order valence-electron chi connectivity index (χ4n) is 1.54. The fraction of sp³-hybridized carbons (Fsp3) is 0.667. The number of esters is 1. The molecule has 0 aromatic rings. The van der Waals surface area contributed by atoms with Crippen molar-refractivity contribution in [1.29, 1.82) is 0 Å². The molecular formula is C9H13NO4. The largest absolute Gasteiger partial charge is 0.466 e. The highest BCUT2D eigenvalue weighted by Crippen LogP contribution is 2.22. The maximum Gasteiger partial charge on any atom is 0.316 e. The highest BCUT2D eigenvalue weighted by atomic mass is 16.6. The summed E-state index contributed by atoms with van der Waals surface area (Å²) in [5.74, 6) is -1.08. The van der Waals surface area contributed by atoms with Crippen molar-refractivity contribution in [1.82, 2.24) is 0 Å². The molecule has 1 aliphatic carbocycles. The van der Waals surface area contributed by atoms with Crippen LogP contribution in [-0.2, 0) is 9.53 Å². The van der Waals surface area contributed by atoms with Crippen LogP contribution in [0.25, 0.3) is 0 Å². The molecule has 0 bridgehead atoms. The van der Waals surface area contributed by atoms with Crippen LogP contribution >= 0.6 is 0 Å². The SMILES string of the molecule is CCOC(=O)C1CC=CCC1[N+](=O)[O-]. The minimum Gasteiger partial charge on any atom is -0.466 e. The molecule has 1 rings (SSSR count). The van der Waals surface area contributed by atoms with Crippen molar-refractivity contribution in [2.45, 2.75) is 25.8 Å². The minimum absolute atomic E-state index is 0.267. The molecule has 0 saturated carbocycles. The third-order valence-corrected chi connectivity index (χ3v) is 2.26. The van der Waals surface area contributed by atoms with Gasteiger partial charge in [-0.05, 0) is 13.3 Å². The van der Waals surface area contributed by atoms with E-state index >= 15 is 0 Å². The topological polar surface area (TPSA) is 69.4 Å². The summed E-state index contributed by atoms with van der Waals surface area (Å²) in [5.41, 5.74) is 0. The maximum atomic E-state index is 11.4. The van der Waals surface area contributed by atoms with Gasteiger partial charge in [0.25, 0.3) is 0 Å². The van der Waals surface area contributed by atoms with E-state index < -0.39 is 22.9 Å². The molecule has 5 heteroatoms. The highest BCUT2D eigenvalue weighted by Gasteiger charge is 2.38. The molecule has 78 valence electrons. The van der Waals surface area contributed by atoms with Crippen LogP contribution in [-0.4, -0.2) is 23.5 Å². The lowest BCUT2D eigenvalue weighted by Gasteiger charge is -2.19. The molecule has 14 heavy (non-hydrogen) atoms. The van der Waals surface area contributed by atoms with Crippen molar-refractivity contribution in [3.05, 3.63) is 22.3 Å². The lowest BCUT2D eigenvalue weighted by Crippen LogP contribution is -2.36. The van der Waals surface area contributed by atoms with Crippen LogP contribution in [0.15, 0.2) is 12.2 Å². The molecule has 0 radical (unpaired) electrons. The van der Waals surface area contributed by atoms with Crippen LogP contribution in [0.4, 0.5) is 0 Å². The normalized spacial score (nSPS) is 25.8. The van der Waals surface area contributed by atoms with E-state index in [0.717, 1.165) is 0 Å². The lowest BCUT2D eigenvalue weighted by molar-refractivity contribution is -0.529. The van der Waals surface area contributed by atoms with Gasteiger partial charge < -0.3 is 4.74 Å². The van der Waals surface area contributed by atoms with Crippen LogP contribution in [0.5, 0.6) is 0 Å². The van der Waals surface area contributed by atoms with Crippen LogP contribution in [0.1, 0.15) is 19.8 Å². The van der Waals surface area contributed by atoms with E-state index in [-0.39, 0.29) is 6.61 Å². The van der Waals surface area contributed by atoms with Crippen LogP contribution < -0.4 is 0 Å². The lowest BCUT2D eigenvalue weighted by atomic mass is 9.89. The molecule has 0 spiro atoms. The average molecular weight is 199 g/mol. The van der Waals surface area contributed by atoms with Gasteiger partial charge in [0.15, 0.2) is 0 Å². The quantitative estimate of drug-likeness (QED) is 0.296. The smallest absolute Gasteiger partial charge is 0.316 e. The summed E-state index contributed by atoms with van der Waals surface area (Å²) in [6.45, 7) is 1.96. The second-order valence-electron chi connectivity index (χ2n) is 3.15. The third-order valence-electron chi connectivity index (χ3n) is 2.26. The Morgan fingerprint density at radius 3 is 2.79 bits per heavy atom. The summed E-state index contributed by atoms with van der Waals surface area (Å²) in [6, 6.07) is -0.820. The number of allylic oxidation sites excluding steroid dienone is 1. The highest BCUT2D eigenvalue weighted by molar-refractivity contribution is 5.73. The Bertz CT molecular complexity index is 262. The number of nitro groups is 1. The summed E-state index contributed by atoms with van der Waals surface area (Å²) in [7, 11) is 0. The second-order valence-corrected chi connectivity index (χ2v) is 3.15. The Labute approximate surface area is 81.9 Å². The van der Waals surface area contributed by atoms with Crippen LogP contribution in [0.3, 0.4) is 0 Å². The third kappa shape index (κ3) is 2.31. The zero-order valence-electron chi connectivity index (χ0n) is 8.01. The Hall–Kier alpha value is -1.39. The van der Waals surface area contributed by atoms with E-state index in [1.807, 2.05) is 0 Å². The van der Waals surface area contributed by atoms with Gasteiger partial charge in [-0.15, -0.1) is 0 Å². The second kappa shape index (κ2) is 4.74. The molecule has 0 saturated heterocycles. The fourth-order valence-corrected chi connectivity index (χ4v) is 1.54. The van der Waals surface area contributed by atoms with E-state index in [1.165, 1.54) is 0 Å².